The molecule has 0 radical (unpaired) electrons. The van der Waals surface area contributed by atoms with Gasteiger partial charge in [-0.05, 0) is 64.0 Å². The Balaban J connectivity index is 2.27. The highest BCUT2D eigenvalue weighted by Gasteiger charge is 2.43. The molecule has 0 amide bonds. The van der Waals surface area contributed by atoms with Gasteiger partial charge >= 0.3 is 5.97 Å². The summed E-state index contributed by atoms with van der Waals surface area (Å²) in [7, 11) is 0. The molecule has 0 spiro atoms. The first-order valence-corrected chi connectivity index (χ1v) is 13.3. The zero-order valence-corrected chi connectivity index (χ0v) is 22.1. The van der Waals surface area contributed by atoms with Gasteiger partial charge in [-0.1, -0.05) is 38.8 Å². The third-order valence-electron chi connectivity index (χ3n) is 6.58. The monoisotopic (exact) mass is 491 g/mol. The number of allylic oxidation sites excluding steroid dienone is 1. The summed E-state index contributed by atoms with van der Waals surface area (Å²) in [6, 6.07) is 0. The summed E-state index contributed by atoms with van der Waals surface area (Å²) in [5, 5.41) is 24.6. The molecule has 3 unspecified atom stereocenters. The highest BCUT2D eigenvalue weighted by Crippen LogP contribution is 2.29. The van der Waals surface area contributed by atoms with Crippen LogP contribution in [0.25, 0.3) is 6.08 Å². The van der Waals surface area contributed by atoms with Crippen LogP contribution in [0, 0.1) is 18.8 Å². The first kappa shape index (κ1) is 28.4. The number of carbonyl (C=O) groups excluding carboxylic acids is 2. The molecule has 0 saturated carbocycles. The van der Waals surface area contributed by atoms with Crippen LogP contribution in [0.4, 0.5) is 0 Å². The van der Waals surface area contributed by atoms with Crippen LogP contribution >= 0.6 is 11.3 Å². The molecule has 0 saturated heterocycles. The lowest BCUT2D eigenvalue weighted by Crippen LogP contribution is -2.51. The Kier molecular flexibility index (Phi) is 11.1. The Morgan fingerprint density at radius 3 is 2.74 bits per heavy atom. The Bertz CT molecular complexity index is 872. The molecule has 1 aliphatic rings. The number of nitrogens with zero attached hydrogens (tertiary/aromatic N) is 1. The van der Waals surface area contributed by atoms with Crippen LogP contribution in [-0.2, 0) is 14.3 Å². The molecule has 2 heterocycles. The number of Topliss-reactive ketones (excluding diaryl/α,β-unsaturated/α-hetero) is 1. The molecule has 1 aromatic heterocycles. The molecule has 34 heavy (non-hydrogen) atoms. The molecule has 5 atom stereocenters. The Morgan fingerprint density at radius 2 is 2.09 bits per heavy atom. The van der Waals surface area contributed by atoms with E-state index in [9.17, 15) is 19.8 Å². The largest absolute Gasteiger partial charge is 0.457 e. The SMILES string of the molecule is CCCC1CC(C)CCC/C=C\C[C@@H](/C(C)=C/c2csc(C)n2)OC(=O)CC(O)[C@](C)(O)C1=O. The molecular formula is C27H41NO5S. The van der Waals surface area contributed by atoms with E-state index in [1.54, 1.807) is 11.3 Å². The van der Waals surface area contributed by atoms with E-state index in [0.29, 0.717) is 25.2 Å². The van der Waals surface area contributed by atoms with Crippen molar-refractivity contribution in [3.8, 4) is 0 Å². The van der Waals surface area contributed by atoms with Crippen molar-refractivity contribution < 1.29 is 24.5 Å². The standard InChI is InChI=1S/C27H41NO5S/c1-6-11-21-14-18(2)12-9-7-8-10-13-23(19(3)15-22-17-34-20(4)28-22)33-25(30)16-24(29)27(5,32)26(21)31/h8,10,15,17-18,21,23-24,29,32H,6-7,9,11-14,16H2,1-5H3/b10-8-,19-15+/t18?,21?,23-,24?,27-/m0/s1. The van der Waals surface area contributed by atoms with Gasteiger partial charge in [0.25, 0.3) is 0 Å². The number of rotatable bonds is 4. The molecule has 6 nitrogen and oxygen atoms in total. The first-order chi connectivity index (χ1) is 16.0. The van der Waals surface area contributed by atoms with E-state index >= 15 is 0 Å². The van der Waals surface area contributed by atoms with Crippen LogP contribution in [0.5, 0.6) is 0 Å². The fourth-order valence-corrected chi connectivity index (χ4v) is 5.04. The smallest absolute Gasteiger partial charge is 0.309 e. The lowest BCUT2D eigenvalue weighted by molar-refractivity contribution is -0.162. The third kappa shape index (κ3) is 8.43. The fourth-order valence-electron chi connectivity index (χ4n) is 4.47. The van der Waals surface area contributed by atoms with Crippen molar-refractivity contribution in [2.45, 2.75) is 104 Å². The summed E-state index contributed by atoms with van der Waals surface area (Å²) >= 11 is 1.55. The number of thiazole rings is 1. The summed E-state index contributed by atoms with van der Waals surface area (Å²) in [5.41, 5.74) is -0.344. The summed E-state index contributed by atoms with van der Waals surface area (Å²) < 4.78 is 5.72. The molecule has 0 aliphatic carbocycles. The molecule has 1 aliphatic heterocycles. The van der Waals surface area contributed by atoms with Crippen molar-refractivity contribution in [2.24, 2.45) is 11.8 Å². The molecule has 7 heteroatoms. The minimum absolute atomic E-state index is 0.333. The average Bonchev–Trinajstić information content (AvgIpc) is 3.17. The number of aromatic nitrogens is 1. The van der Waals surface area contributed by atoms with E-state index in [1.807, 2.05) is 38.3 Å². The second-order valence-electron chi connectivity index (χ2n) is 9.85. The Hall–Kier alpha value is -1.83. The number of aryl methyl sites for hydroxylation is 1. The van der Waals surface area contributed by atoms with E-state index < -0.39 is 30.2 Å². The summed E-state index contributed by atoms with van der Waals surface area (Å²) in [6.45, 7) is 9.29. The minimum Gasteiger partial charge on any atom is -0.457 e. The van der Waals surface area contributed by atoms with E-state index in [0.717, 1.165) is 42.0 Å². The Morgan fingerprint density at radius 1 is 1.35 bits per heavy atom. The zero-order chi connectivity index (χ0) is 25.3. The molecular weight excluding hydrogens is 450 g/mol. The van der Waals surface area contributed by atoms with E-state index in [4.69, 9.17) is 4.74 Å². The second-order valence-corrected chi connectivity index (χ2v) is 10.9. The maximum absolute atomic E-state index is 13.2. The van der Waals surface area contributed by atoms with Crippen molar-refractivity contribution in [1.29, 1.82) is 0 Å². The predicted octanol–water partition coefficient (Wildman–Crippen LogP) is 5.41. The van der Waals surface area contributed by atoms with Gasteiger partial charge in [0.1, 0.15) is 17.8 Å². The van der Waals surface area contributed by atoms with E-state index in [-0.39, 0.29) is 11.7 Å². The minimum atomic E-state index is -2.01. The number of hydrogen-bond acceptors (Lipinski definition) is 7. The predicted molar refractivity (Wildman–Crippen MR) is 136 cm³/mol. The number of aliphatic hydroxyl groups is 2. The molecule has 1 aromatic rings. The number of aliphatic hydroxyl groups excluding tert-OH is 1. The van der Waals surface area contributed by atoms with Gasteiger partial charge in [0.2, 0.25) is 0 Å². The molecule has 190 valence electrons. The van der Waals surface area contributed by atoms with Gasteiger partial charge in [-0.15, -0.1) is 11.3 Å². The summed E-state index contributed by atoms with van der Waals surface area (Å²) in [4.78, 5) is 30.4. The summed E-state index contributed by atoms with van der Waals surface area (Å²) in [6.07, 6.45) is 9.12. The topological polar surface area (TPSA) is 96.7 Å². The van der Waals surface area contributed by atoms with Crippen molar-refractivity contribution in [3.63, 3.8) is 0 Å². The van der Waals surface area contributed by atoms with Crippen molar-refractivity contribution in [3.05, 3.63) is 33.8 Å². The highest BCUT2D eigenvalue weighted by atomic mass is 32.1. The molecule has 2 N–H and O–H groups in total. The van der Waals surface area contributed by atoms with Crippen LogP contribution in [0.15, 0.2) is 23.1 Å². The van der Waals surface area contributed by atoms with Crippen LogP contribution in [0.3, 0.4) is 0 Å². The maximum Gasteiger partial charge on any atom is 0.309 e. The number of ketones is 1. The van der Waals surface area contributed by atoms with Crippen LogP contribution in [-0.4, -0.2) is 44.8 Å². The fraction of sp³-hybridized carbons (Fsp3) is 0.667. The zero-order valence-electron chi connectivity index (χ0n) is 21.3. The number of carbonyl (C=O) groups is 2. The molecule has 0 aromatic carbocycles. The number of ether oxygens (including phenoxy) is 1. The average molecular weight is 492 g/mol. The van der Waals surface area contributed by atoms with Crippen molar-refractivity contribution >= 4 is 29.2 Å². The lowest BCUT2D eigenvalue weighted by atomic mass is 9.78. The lowest BCUT2D eigenvalue weighted by Gasteiger charge is -2.32. The van der Waals surface area contributed by atoms with E-state index in [1.165, 1.54) is 6.92 Å². The van der Waals surface area contributed by atoms with Crippen LogP contribution < -0.4 is 0 Å². The van der Waals surface area contributed by atoms with Crippen molar-refractivity contribution in [1.82, 2.24) is 4.98 Å². The van der Waals surface area contributed by atoms with Gasteiger partial charge < -0.3 is 14.9 Å². The maximum atomic E-state index is 13.2. The number of hydrogen-bond donors (Lipinski definition) is 2. The molecule has 2 rings (SSSR count). The van der Waals surface area contributed by atoms with Gasteiger partial charge in [0.05, 0.1) is 17.1 Å². The first-order valence-electron chi connectivity index (χ1n) is 12.4. The second kappa shape index (κ2) is 13.3. The Labute approximate surface area is 208 Å². The van der Waals surface area contributed by atoms with Gasteiger partial charge in [-0.2, -0.15) is 0 Å². The van der Waals surface area contributed by atoms with Gasteiger partial charge in [0, 0.05) is 17.7 Å². The quantitative estimate of drug-likeness (QED) is 0.432. The highest BCUT2D eigenvalue weighted by molar-refractivity contribution is 7.09. The summed E-state index contributed by atoms with van der Waals surface area (Å²) in [5.74, 6) is -1.04. The van der Waals surface area contributed by atoms with Gasteiger partial charge in [-0.3, -0.25) is 9.59 Å². The van der Waals surface area contributed by atoms with Crippen molar-refractivity contribution in [2.75, 3.05) is 0 Å². The molecule has 0 fully saturated rings. The number of cyclic esters (lactones) is 1. The van der Waals surface area contributed by atoms with Crippen LogP contribution in [0.2, 0.25) is 0 Å². The number of esters is 1. The van der Waals surface area contributed by atoms with E-state index in [2.05, 4.69) is 18.0 Å². The van der Waals surface area contributed by atoms with Gasteiger partial charge in [-0.25, -0.2) is 4.98 Å². The molecule has 0 bridgehead atoms. The van der Waals surface area contributed by atoms with Gasteiger partial charge in [0.15, 0.2) is 5.78 Å². The third-order valence-corrected chi connectivity index (χ3v) is 7.37. The normalized spacial score (nSPS) is 31.8. The van der Waals surface area contributed by atoms with Crippen LogP contribution in [0.1, 0.15) is 89.8 Å².